The lowest BCUT2D eigenvalue weighted by Crippen LogP contribution is -2.24. The van der Waals surface area contributed by atoms with Crippen molar-refractivity contribution in [3.63, 3.8) is 0 Å². The highest BCUT2D eigenvalue weighted by Crippen LogP contribution is 2.26. The van der Waals surface area contributed by atoms with E-state index in [1.54, 1.807) is 6.07 Å². The van der Waals surface area contributed by atoms with Crippen molar-refractivity contribution in [2.45, 2.75) is 33.1 Å². The number of carbonyl (C=O) groups is 1. The molecule has 1 amide bonds. The number of rotatable bonds is 8. The van der Waals surface area contributed by atoms with E-state index in [4.69, 9.17) is 20.8 Å². The molecule has 5 nitrogen and oxygen atoms in total. The highest BCUT2D eigenvalue weighted by Gasteiger charge is 2.07. The van der Waals surface area contributed by atoms with E-state index in [2.05, 4.69) is 24.4 Å². The predicted molar refractivity (Wildman–Crippen MR) is 120 cm³/mol. The van der Waals surface area contributed by atoms with Crippen LogP contribution >= 0.6 is 11.6 Å². The number of hydrogen-bond acceptors (Lipinski definition) is 4. The zero-order chi connectivity index (χ0) is 21.5. The average molecular weight is 425 g/mol. The molecule has 1 aromatic heterocycles. The molecule has 1 atom stereocenters. The molecule has 0 saturated carbocycles. The first kappa shape index (κ1) is 21.7. The van der Waals surface area contributed by atoms with Crippen LogP contribution in [-0.2, 0) is 4.79 Å². The fourth-order valence-electron chi connectivity index (χ4n) is 2.80. The molecular weight excluding hydrogens is 400 g/mol. The van der Waals surface area contributed by atoms with Gasteiger partial charge in [-0.25, -0.2) is 5.43 Å². The molecule has 1 unspecified atom stereocenters. The number of ether oxygens (including phenoxy) is 1. The van der Waals surface area contributed by atoms with Gasteiger partial charge < -0.3 is 9.15 Å². The Bertz CT molecular complexity index is 1030. The van der Waals surface area contributed by atoms with Crippen molar-refractivity contribution < 1.29 is 13.9 Å². The summed E-state index contributed by atoms with van der Waals surface area (Å²) in [5.74, 6) is 1.99. The van der Waals surface area contributed by atoms with Crippen LogP contribution < -0.4 is 10.2 Å². The maximum atomic E-state index is 11.9. The summed E-state index contributed by atoms with van der Waals surface area (Å²) < 4.78 is 11.2. The van der Waals surface area contributed by atoms with Gasteiger partial charge in [-0.1, -0.05) is 49.7 Å². The summed E-state index contributed by atoms with van der Waals surface area (Å²) in [6.45, 7) is 6.16. The molecule has 0 fully saturated rings. The normalized spacial score (nSPS) is 12.1. The van der Waals surface area contributed by atoms with Crippen LogP contribution in [0.25, 0.3) is 11.3 Å². The van der Waals surface area contributed by atoms with Crippen molar-refractivity contribution in [3.05, 3.63) is 76.5 Å². The van der Waals surface area contributed by atoms with Gasteiger partial charge in [0.1, 0.15) is 17.3 Å². The fourth-order valence-corrected chi connectivity index (χ4v) is 2.98. The van der Waals surface area contributed by atoms with Crippen molar-refractivity contribution in [2.24, 2.45) is 5.10 Å². The Morgan fingerprint density at radius 2 is 1.97 bits per heavy atom. The number of hydrogen-bond donors (Lipinski definition) is 1. The number of furan rings is 1. The Balaban J connectivity index is 1.49. The minimum Gasteiger partial charge on any atom is -0.484 e. The Morgan fingerprint density at radius 3 is 2.67 bits per heavy atom. The molecule has 2 aromatic carbocycles. The number of hydrazone groups is 1. The van der Waals surface area contributed by atoms with Gasteiger partial charge in [-0.2, -0.15) is 5.10 Å². The average Bonchev–Trinajstić information content (AvgIpc) is 3.23. The number of halogens is 1. The van der Waals surface area contributed by atoms with Gasteiger partial charge in [-0.3, -0.25) is 4.79 Å². The molecule has 1 N–H and O–H groups in total. The van der Waals surface area contributed by atoms with Gasteiger partial charge in [-0.05, 0) is 60.7 Å². The topological polar surface area (TPSA) is 63.8 Å². The lowest BCUT2D eigenvalue weighted by Gasteiger charge is -2.10. The van der Waals surface area contributed by atoms with E-state index in [-0.39, 0.29) is 12.5 Å². The van der Waals surface area contributed by atoms with Crippen LogP contribution in [0, 0.1) is 6.92 Å². The van der Waals surface area contributed by atoms with E-state index in [0.717, 1.165) is 17.5 Å². The summed E-state index contributed by atoms with van der Waals surface area (Å²) in [6, 6.07) is 17.1. The van der Waals surface area contributed by atoms with E-state index >= 15 is 0 Å². The van der Waals surface area contributed by atoms with Crippen LogP contribution in [0.5, 0.6) is 5.75 Å². The first-order valence-corrected chi connectivity index (χ1v) is 10.2. The standard InChI is InChI=1S/C24H25ClN2O3/c1-4-16(2)18-7-9-20(10-8-18)29-15-24(28)27-26-14-21-11-12-23(30-21)19-6-5-17(3)22(25)13-19/h5-14,16H,4,15H2,1-3H3,(H,27,28)/b26-14-. The number of amides is 1. The maximum Gasteiger partial charge on any atom is 0.277 e. The van der Waals surface area contributed by atoms with Gasteiger partial charge in [0.2, 0.25) is 0 Å². The number of benzene rings is 2. The van der Waals surface area contributed by atoms with Crippen LogP contribution in [-0.4, -0.2) is 18.7 Å². The Kier molecular flexibility index (Phi) is 7.31. The summed E-state index contributed by atoms with van der Waals surface area (Å²) in [6.07, 6.45) is 2.52. The molecular formula is C24H25ClN2O3. The quantitative estimate of drug-likeness (QED) is 0.359. The highest BCUT2D eigenvalue weighted by molar-refractivity contribution is 6.31. The van der Waals surface area contributed by atoms with E-state index in [9.17, 15) is 4.79 Å². The summed E-state index contributed by atoms with van der Waals surface area (Å²) in [7, 11) is 0. The second kappa shape index (κ2) is 10.1. The number of nitrogens with zero attached hydrogens (tertiary/aromatic N) is 1. The molecule has 3 rings (SSSR count). The molecule has 6 heteroatoms. The summed E-state index contributed by atoms with van der Waals surface area (Å²) in [5.41, 5.74) is 5.57. The SMILES string of the molecule is CCC(C)c1ccc(OCC(=O)N/N=C\c2ccc(-c3ccc(C)c(Cl)c3)o2)cc1. The molecule has 0 aliphatic rings. The zero-order valence-electron chi connectivity index (χ0n) is 17.3. The number of nitrogens with one attached hydrogen (secondary N) is 1. The smallest absolute Gasteiger partial charge is 0.277 e. The van der Waals surface area contributed by atoms with E-state index in [1.165, 1.54) is 11.8 Å². The van der Waals surface area contributed by atoms with Crippen LogP contribution in [0.3, 0.4) is 0 Å². The van der Waals surface area contributed by atoms with Crippen LogP contribution in [0.4, 0.5) is 0 Å². The third kappa shape index (κ3) is 5.74. The van der Waals surface area contributed by atoms with Crippen LogP contribution in [0.15, 0.2) is 64.1 Å². The Hall–Kier alpha value is -3.05. The molecule has 1 heterocycles. The van der Waals surface area contributed by atoms with E-state index < -0.39 is 0 Å². The minimum absolute atomic E-state index is 0.120. The second-order valence-electron chi connectivity index (χ2n) is 7.13. The van der Waals surface area contributed by atoms with Crippen molar-refractivity contribution in [3.8, 4) is 17.1 Å². The fraction of sp³-hybridized carbons (Fsp3) is 0.250. The summed E-state index contributed by atoms with van der Waals surface area (Å²) in [4.78, 5) is 11.9. The van der Waals surface area contributed by atoms with Crippen molar-refractivity contribution >= 4 is 23.7 Å². The van der Waals surface area contributed by atoms with Gasteiger partial charge in [0.25, 0.3) is 5.91 Å². The third-order valence-corrected chi connectivity index (χ3v) is 5.30. The molecule has 0 aliphatic carbocycles. The summed E-state index contributed by atoms with van der Waals surface area (Å²) >= 11 is 6.16. The van der Waals surface area contributed by atoms with Gasteiger partial charge in [0.15, 0.2) is 6.61 Å². The van der Waals surface area contributed by atoms with Crippen molar-refractivity contribution in [1.82, 2.24) is 5.43 Å². The van der Waals surface area contributed by atoms with Gasteiger partial charge in [0, 0.05) is 10.6 Å². The van der Waals surface area contributed by atoms with Crippen molar-refractivity contribution in [1.29, 1.82) is 0 Å². The molecule has 156 valence electrons. The second-order valence-corrected chi connectivity index (χ2v) is 7.53. The number of carbonyl (C=O) groups excluding carboxylic acids is 1. The van der Waals surface area contributed by atoms with E-state index in [1.807, 2.05) is 55.5 Å². The highest BCUT2D eigenvalue weighted by atomic mass is 35.5. The molecule has 0 radical (unpaired) electrons. The summed E-state index contributed by atoms with van der Waals surface area (Å²) in [5, 5.41) is 4.60. The lowest BCUT2D eigenvalue weighted by molar-refractivity contribution is -0.123. The molecule has 3 aromatic rings. The van der Waals surface area contributed by atoms with Crippen LogP contribution in [0.2, 0.25) is 5.02 Å². The first-order valence-electron chi connectivity index (χ1n) is 9.87. The molecule has 0 saturated heterocycles. The molecule has 0 aliphatic heterocycles. The van der Waals surface area contributed by atoms with Crippen molar-refractivity contribution in [2.75, 3.05) is 6.61 Å². The zero-order valence-corrected chi connectivity index (χ0v) is 18.1. The third-order valence-electron chi connectivity index (χ3n) is 4.90. The number of aryl methyl sites for hydroxylation is 1. The first-order chi connectivity index (χ1) is 14.5. The lowest BCUT2D eigenvalue weighted by atomic mass is 9.99. The van der Waals surface area contributed by atoms with E-state index in [0.29, 0.717) is 28.2 Å². The maximum absolute atomic E-state index is 11.9. The monoisotopic (exact) mass is 424 g/mol. The van der Waals surface area contributed by atoms with Crippen LogP contribution in [0.1, 0.15) is 43.1 Å². The predicted octanol–water partition coefficient (Wildman–Crippen LogP) is 5.95. The largest absolute Gasteiger partial charge is 0.484 e. The van der Waals surface area contributed by atoms with Gasteiger partial charge >= 0.3 is 0 Å². The minimum atomic E-state index is -0.352. The van der Waals surface area contributed by atoms with Gasteiger partial charge in [0.05, 0.1) is 6.21 Å². The molecule has 0 spiro atoms. The molecule has 30 heavy (non-hydrogen) atoms. The van der Waals surface area contributed by atoms with Gasteiger partial charge in [-0.15, -0.1) is 0 Å². The molecule has 0 bridgehead atoms. The Morgan fingerprint density at radius 1 is 1.20 bits per heavy atom. The Labute approximate surface area is 181 Å².